The first-order valence-corrected chi connectivity index (χ1v) is 11.1. The van der Waals surface area contributed by atoms with Crippen LogP contribution in [0.3, 0.4) is 0 Å². The van der Waals surface area contributed by atoms with Crippen LogP contribution < -0.4 is 15.4 Å². The molecular weight excluding hydrogens is 511 g/mol. The van der Waals surface area contributed by atoms with Crippen molar-refractivity contribution in [2.75, 3.05) is 40.5 Å². The van der Waals surface area contributed by atoms with Crippen molar-refractivity contribution in [3.05, 3.63) is 45.9 Å². The molecule has 8 heteroatoms. The van der Waals surface area contributed by atoms with E-state index in [1.54, 1.807) is 18.4 Å². The van der Waals surface area contributed by atoms with Gasteiger partial charge in [0, 0.05) is 56.3 Å². The average Bonchev–Trinajstić information content (AvgIpc) is 3.25. The van der Waals surface area contributed by atoms with Gasteiger partial charge >= 0.3 is 0 Å². The SMILES string of the molecule is CCc1cnc(CCNC(=NC)NCC2(c3ccc(OC)cc3)CCOCC2)s1.I. The number of hydrogen-bond acceptors (Lipinski definition) is 5. The van der Waals surface area contributed by atoms with Crippen molar-refractivity contribution < 1.29 is 9.47 Å². The summed E-state index contributed by atoms with van der Waals surface area (Å²) in [7, 11) is 3.52. The first-order valence-electron chi connectivity index (χ1n) is 10.3. The van der Waals surface area contributed by atoms with Crippen molar-refractivity contribution in [2.24, 2.45) is 4.99 Å². The molecule has 1 fully saturated rings. The fraction of sp³-hybridized carbons (Fsp3) is 0.545. The van der Waals surface area contributed by atoms with Crippen LogP contribution >= 0.6 is 35.3 Å². The topological polar surface area (TPSA) is 67.8 Å². The molecule has 0 aliphatic carbocycles. The monoisotopic (exact) mass is 544 g/mol. The second-order valence-corrected chi connectivity index (χ2v) is 8.50. The molecule has 1 aliphatic rings. The molecule has 0 amide bonds. The van der Waals surface area contributed by atoms with Crippen molar-refractivity contribution >= 4 is 41.3 Å². The van der Waals surface area contributed by atoms with E-state index in [-0.39, 0.29) is 29.4 Å². The Morgan fingerprint density at radius 3 is 2.57 bits per heavy atom. The summed E-state index contributed by atoms with van der Waals surface area (Å²) in [5.74, 6) is 1.71. The van der Waals surface area contributed by atoms with E-state index in [0.29, 0.717) is 0 Å². The summed E-state index contributed by atoms with van der Waals surface area (Å²) in [6.45, 7) is 5.36. The van der Waals surface area contributed by atoms with Crippen LogP contribution in [0, 0.1) is 0 Å². The van der Waals surface area contributed by atoms with Crippen LogP contribution in [0.15, 0.2) is 35.5 Å². The molecule has 3 rings (SSSR count). The molecule has 166 valence electrons. The highest BCUT2D eigenvalue weighted by molar-refractivity contribution is 14.0. The minimum absolute atomic E-state index is 0. The van der Waals surface area contributed by atoms with Gasteiger partial charge in [-0.15, -0.1) is 35.3 Å². The number of ether oxygens (including phenoxy) is 2. The number of halogens is 1. The van der Waals surface area contributed by atoms with E-state index in [4.69, 9.17) is 9.47 Å². The van der Waals surface area contributed by atoms with Crippen LogP contribution in [-0.4, -0.2) is 51.4 Å². The highest BCUT2D eigenvalue weighted by atomic mass is 127. The van der Waals surface area contributed by atoms with E-state index in [1.807, 2.05) is 25.4 Å². The Morgan fingerprint density at radius 1 is 1.23 bits per heavy atom. The van der Waals surface area contributed by atoms with Gasteiger partial charge < -0.3 is 20.1 Å². The molecule has 0 radical (unpaired) electrons. The van der Waals surface area contributed by atoms with E-state index in [1.165, 1.54) is 15.4 Å². The van der Waals surface area contributed by atoms with E-state index in [9.17, 15) is 0 Å². The summed E-state index contributed by atoms with van der Waals surface area (Å²) >= 11 is 1.79. The average molecular weight is 545 g/mol. The number of benzene rings is 1. The van der Waals surface area contributed by atoms with Crippen LogP contribution in [0.4, 0.5) is 0 Å². The highest BCUT2D eigenvalue weighted by Crippen LogP contribution is 2.35. The van der Waals surface area contributed by atoms with Crippen molar-refractivity contribution in [1.29, 1.82) is 0 Å². The standard InChI is InChI=1S/C22H32N4O2S.HI/c1-4-19-15-25-20(29-19)9-12-24-21(23-2)26-16-22(10-13-28-14-11-22)17-5-7-18(27-3)8-6-17;/h5-8,15H,4,9-14,16H2,1-3H3,(H2,23,24,26);1H. The Morgan fingerprint density at radius 2 is 1.97 bits per heavy atom. The number of nitrogens with zero attached hydrogens (tertiary/aromatic N) is 2. The normalized spacial score (nSPS) is 15.9. The Labute approximate surface area is 200 Å². The van der Waals surface area contributed by atoms with E-state index < -0.39 is 0 Å². The fourth-order valence-corrected chi connectivity index (χ4v) is 4.52. The van der Waals surface area contributed by atoms with Gasteiger partial charge in [-0.1, -0.05) is 19.1 Å². The molecule has 1 saturated heterocycles. The number of hydrogen-bond donors (Lipinski definition) is 2. The van der Waals surface area contributed by atoms with Crippen LogP contribution in [0.25, 0.3) is 0 Å². The molecule has 2 aromatic rings. The van der Waals surface area contributed by atoms with Gasteiger partial charge in [-0.25, -0.2) is 4.98 Å². The zero-order valence-corrected chi connectivity index (χ0v) is 21.2. The summed E-state index contributed by atoms with van der Waals surface area (Å²) in [6, 6.07) is 8.43. The van der Waals surface area contributed by atoms with Gasteiger partial charge in [-0.3, -0.25) is 4.99 Å². The molecule has 6 nitrogen and oxygen atoms in total. The maximum absolute atomic E-state index is 5.65. The smallest absolute Gasteiger partial charge is 0.191 e. The molecule has 0 atom stereocenters. The van der Waals surface area contributed by atoms with Crippen LogP contribution in [0.1, 0.15) is 35.2 Å². The van der Waals surface area contributed by atoms with Crippen molar-refractivity contribution in [1.82, 2.24) is 15.6 Å². The predicted molar refractivity (Wildman–Crippen MR) is 135 cm³/mol. The Bertz CT molecular complexity index is 789. The van der Waals surface area contributed by atoms with Crippen molar-refractivity contribution in [2.45, 2.75) is 38.0 Å². The van der Waals surface area contributed by atoms with Crippen molar-refractivity contribution in [3.8, 4) is 5.75 Å². The molecule has 1 aromatic carbocycles. The van der Waals surface area contributed by atoms with Crippen LogP contribution in [-0.2, 0) is 23.0 Å². The summed E-state index contributed by atoms with van der Waals surface area (Å²) in [5.41, 5.74) is 1.35. The minimum Gasteiger partial charge on any atom is -0.497 e. The third-order valence-electron chi connectivity index (χ3n) is 5.55. The lowest BCUT2D eigenvalue weighted by atomic mass is 9.74. The Balaban J connectivity index is 0.00000320. The quantitative estimate of drug-likeness (QED) is 0.301. The second-order valence-electron chi connectivity index (χ2n) is 7.30. The number of methoxy groups -OCH3 is 1. The summed E-state index contributed by atoms with van der Waals surface area (Å²) in [6.07, 6.45) is 5.91. The molecule has 1 aromatic heterocycles. The zero-order valence-electron chi connectivity index (χ0n) is 18.1. The van der Waals surface area contributed by atoms with Crippen LogP contribution in [0.2, 0.25) is 0 Å². The molecule has 0 spiro atoms. The molecule has 1 aliphatic heterocycles. The molecular formula is C22H33IN4O2S. The number of nitrogens with one attached hydrogen (secondary N) is 2. The minimum atomic E-state index is 0. The van der Waals surface area contributed by atoms with E-state index in [2.05, 4.69) is 39.7 Å². The molecule has 0 unspecified atom stereocenters. The molecule has 2 heterocycles. The number of rotatable bonds is 8. The lowest BCUT2D eigenvalue weighted by molar-refractivity contribution is 0.0513. The van der Waals surface area contributed by atoms with Crippen molar-refractivity contribution in [3.63, 3.8) is 0 Å². The number of guanidine groups is 1. The fourth-order valence-electron chi connectivity index (χ4n) is 3.66. The zero-order chi connectivity index (χ0) is 20.5. The second kappa shape index (κ2) is 12.5. The third kappa shape index (κ3) is 6.55. The van der Waals surface area contributed by atoms with Gasteiger partial charge in [0.2, 0.25) is 0 Å². The maximum atomic E-state index is 5.65. The van der Waals surface area contributed by atoms with Gasteiger partial charge in [-0.05, 0) is 37.0 Å². The number of aryl methyl sites for hydroxylation is 1. The Hall–Kier alpha value is -1.39. The maximum Gasteiger partial charge on any atom is 0.191 e. The van der Waals surface area contributed by atoms with Gasteiger partial charge in [0.05, 0.1) is 12.1 Å². The first kappa shape index (κ1) is 24.9. The number of thiazole rings is 1. The predicted octanol–water partition coefficient (Wildman–Crippen LogP) is 3.79. The molecule has 30 heavy (non-hydrogen) atoms. The van der Waals surface area contributed by atoms with E-state index in [0.717, 1.165) is 63.7 Å². The summed E-state index contributed by atoms with van der Waals surface area (Å²) < 4.78 is 11.0. The van der Waals surface area contributed by atoms with Gasteiger partial charge in [0.25, 0.3) is 0 Å². The van der Waals surface area contributed by atoms with E-state index >= 15 is 0 Å². The lowest BCUT2D eigenvalue weighted by Gasteiger charge is -2.38. The van der Waals surface area contributed by atoms with Gasteiger partial charge in [-0.2, -0.15) is 0 Å². The third-order valence-corrected chi connectivity index (χ3v) is 6.75. The largest absolute Gasteiger partial charge is 0.497 e. The number of aromatic nitrogens is 1. The molecule has 0 saturated carbocycles. The lowest BCUT2D eigenvalue weighted by Crippen LogP contribution is -2.48. The van der Waals surface area contributed by atoms with Gasteiger partial charge in [0.1, 0.15) is 5.75 Å². The number of aliphatic imine (C=N–C) groups is 1. The molecule has 0 bridgehead atoms. The first-order chi connectivity index (χ1) is 14.2. The molecule has 2 N–H and O–H groups in total. The summed E-state index contributed by atoms with van der Waals surface area (Å²) in [4.78, 5) is 10.2. The Kier molecular flexibility index (Phi) is 10.3. The van der Waals surface area contributed by atoms with Crippen LogP contribution in [0.5, 0.6) is 5.75 Å². The van der Waals surface area contributed by atoms with Gasteiger partial charge in [0.15, 0.2) is 5.96 Å². The summed E-state index contributed by atoms with van der Waals surface area (Å²) in [5, 5.41) is 8.14. The highest BCUT2D eigenvalue weighted by Gasteiger charge is 2.34.